The minimum absolute atomic E-state index is 0.815. The quantitative estimate of drug-likeness (QED) is 0.795. The molecule has 2 rings (SSSR count). The molecule has 0 unspecified atom stereocenters. The summed E-state index contributed by atoms with van der Waals surface area (Å²) in [7, 11) is 0. The van der Waals surface area contributed by atoms with Gasteiger partial charge < -0.3 is 10.6 Å². The van der Waals surface area contributed by atoms with E-state index >= 15 is 0 Å². The van der Waals surface area contributed by atoms with E-state index in [0.29, 0.717) is 0 Å². The number of anilines is 3. The first-order valence-electron chi connectivity index (χ1n) is 7.27. The minimum Gasteiger partial charge on any atom is -0.370 e. The zero-order valence-corrected chi connectivity index (χ0v) is 14.3. The summed E-state index contributed by atoms with van der Waals surface area (Å²) in [5.74, 6) is 2.54. The van der Waals surface area contributed by atoms with E-state index in [1.165, 1.54) is 5.56 Å². The third kappa shape index (κ3) is 4.43. The molecule has 2 aromatic rings. The fraction of sp³-hybridized carbons (Fsp3) is 0.375. The van der Waals surface area contributed by atoms with E-state index in [0.717, 1.165) is 47.0 Å². The van der Waals surface area contributed by atoms with Gasteiger partial charge in [0.2, 0.25) is 0 Å². The SMILES string of the molecule is CCCc1nc(NCC)cc(Nc2cc(C)ccc2Br)n1. The lowest BCUT2D eigenvalue weighted by Gasteiger charge is -2.12. The average molecular weight is 349 g/mol. The molecule has 0 amide bonds. The van der Waals surface area contributed by atoms with Gasteiger partial charge in [0, 0.05) is 23.5 Å². The lowest BCUT2D eigenvalue weighted by atomic mass is 10.2. The maximum absolute atomic E-state index is 4.59. The van der Waals surface area contributed by atoms with Crippen molar-refractivity contribution >= 4 is 33.3 Å². The van der Waals surface area contributed by atoms with Crippen molar-refractivity contribution in [3.8, 4) is 0 Å². The number of aromatic nitrogens is 2. The third-order valence-corrected chi connectivity index (χ3v) is 3.68. The smallest absolute Gasteiger partial charge is 0.136 e. The summed E-state index contributed by atoms with van der Waals surface area (Å²) in [5, 5.41) is 6.63. The molecule has 0 aliphatic heterocycles. The molecule has 21 heavy (non-hydrogen) atoms. The summed E-state index contributed by atoms with van der Waals surface area (Å²) in [5.41, 5.74) is 2.22. The number of hydrogen-bond donors (Lipinski definition) is 2. The van der Waals surface area contributed by atoms with Gasteiger partial charge in [-0.05, 0) is 53.9 Å². The molecule has 1 aromatic carbocycles. The molecule has 0 aliphatic carbocycles. The highest BCUT2D eigenvalue weighted by Crippen LogP contribution is 2.27. The van der Waals surface area contributed by atoms with Crippen LogP contribution in [0, 0.1) is 6.92 Å². The Morgan fingerprint density at radius 1 is 1.10 bits per heavy atom. The lowest BCUT2D eigenvalue weighted by Crippen LogP contribution is -2.06. The predicted octanol–water partition coefficient (Wildman–Crippen LogP) is 4.68. The Balaban J connectivity index is 2.31. The van der Waals surface area contributed by atoms with Crippen molar-refractivity contribution in [3.05, 3.63) is 40.1 Å². The van der Waals surface area contributed by atoms with Crippen LogP contribution in [0.15, 0.2) is 28.7 Å². The number of hydrogen-bond acceptors (Lipinski definition) is 4. The fourth-order valence-corrected chi connectivity index (χ4v) is 2.39. The predicted molar refractivity (Wildman–Crippen MR) is 92.4 cm³/mol. The Morgan fingerprint density at radius 2 is 1.86 bits per heavy atom. The van der Waals surface area contributed by atoms with Crippen LogP contribution in [-0.2, 0) is 6.42 Å². The number of halogens is 1. The number of nitrogens with zero attached hydrogens (tertiary/aromatic N) is 2. The Labute approximate surface area is 134 Å². The van der Waals surface area contributed by atoms with Crippen molar-refractivity contribution in [2.75, 3.05) is 17.2 Å². The van der Waals surface area contributed by atoms with Crippen LogP contribution < -0.4 is 10.6 Å². The first-order valence-corrected chi connectivity index (χ1v) is 8.06. The van der Waals surface area contributed by atoms with Crippen LogP contribution in [0.5, 0.6) is 0 Å². The second-order valence-corrected chi connectivity index (χ2v) is 5.80. The summed E-state index contributed by atoms with van der Waals surface area (Å²) in [6.07, 6.45) is 1.91. The zero-order chi connectivity index (χ0) is 15.2. The summed E-state index contributed by atoms with van der Waals surface area (Å²) >= 11 is 3.56. The van der Waals surface area contributed by atoms with Crippen molar-refractivity contribution in [1.29, 1.82) is 0 Å². The maximum Gasteiger partial charge on any atom is 0.136 e. The molecule has 0 bridgehead atoms. The van der Waals surface area contributed by atoms with Crippen LogP contribution in [0.4, 0.5) is 17.3 Å². The number of nitrogens with one attached hydrogen (secondary N) is 2. The Morgan fingerprint density at radius 3 is 2.57 bits per heavy atom. The minimum atomic E-state index is 0.815. The largest absolute Gasteiger partial charge is 0.370 e. The van der Waals surface area contributed by atoms with Crippen molar-refractivity contribution in [2.45, 2.75) is 33.6 Å². The first-order chi connectivity index (χ1) is 10.1. The molecule has 5 heteroatoms. The van der Waals surface area contributed by atoms with Crippen molar-refractivity contribution in [2.24, 2.45) is 0 Å². The first kappa shape index (κ1) is 15.8. The van der Waals surface area contributed by atoms with Crippen molar-refractivity contribution in [3.63, 3.8) is 0 Å². The summed E-state index contributed by atoms with van der Waals surface area (Å²) in [6.45, 7) is 7.11. The van der Waals surface area contributed by atoms with Gasteiger partial charge >= 0.3 is 0 Å². The van der Waals surface area contributed by atoms with E-state index in [-0.39, 0.29) is 0 Å². The second-order valence-electron chi connectivity index (χ2n) is 4.94. The van der Waals surface area contributed by atoms with Gasteiger partial charge in [0.15, 0.2) is 0 Å². The van der Waals surface area contributed by atoms with E-state index in [4.69, 9.17) is 0 Å². The number of rotatable bonds is 6. The summed E-state index contributed by atoms with van der Waals surface area (Å²) in [6, 6.07) is 8.15. The van der Waals surface area contributed by atoms with Crippen molar-refractivity contribution in [1.82, 2.24) is 9.97 Å². The summed E-state index contributed by atoms with van der Waals surface area (Å²) in [4.78, 5) is 9.11. The lowest BCUT2D eigenvalue weighted by molar-refractivity contribution is 0.836. The van der Waals surface area contributed by atoms with Gasteiger partial charge in [0.1, 0.15) is 17.5 Å². The highest BCUT2D eigenvalue weighted by atomic mass is 79.9. The van der Waals surface area contributed by atoms with Gasteiger partial charge in [-0.25, -0.2) is 9.97 Å². The van der Waals surface area contributed by atoms with Crippen LogP contribution in [0.3, 0.4) is 0 Å². The topological polar surface area (TPSA) is 49.8 Å². The Kier molecular flexibility index (Phi) is 5.56. The van der Waals surface area contributed by atoms with Gasteiger partial charge in [0.05, 0.1) is 5.69 Å². The molecule has 0 fully saturated rings. The van der Waals surface area contributed by atoms with Gasteiger partial charge in [-0.3, -0.25) is 0 Å². The van der Waals surface area contributed by atoms with Crippen LogP contribution in [0.25, 0.3) is 0 Å². The molecule has 0 atom stereocenters. The van der Waals surface area contributed by atoms with E-state index in [1.54, 1.807) is 0 Å². The van der Waals surface area contributed by atoms with Gasteiger partial charge in [0.25, 0.3) is 0 Å². The zero-order valence-electron chi connectivity index (χ0n) is 12.7. The van der Waals surface area contributed by atoms with E-state index in [1.807, 2.05) is 12.1 Å². The number of aryl methyl sites for hydroxylation is 2. The van der Waals surface area contributed by atoms with Crippen LogP contribution in [0.1, 0.15) is 31.7 Å². The third-order valence-electron chi connectivity index (χ3n) is 2.99. The standard InChI is InChI=1S/C16H21BrN4/c1-4-6-14-20-15(18-5-2)10-16(21-14)19-13-9-11(3)7-8-12(13)17/h7-10H,4-6H2,1-3H3,(H2,18,19,20,21). The molecule has 0 spiro atoms. The van der Waals surface area contributed by atoms with E-state index in [9.17, 15) is 0 Å². The molecular formula is C16H21BrN4. The normalized spacial score (nSPS) is 10.5. The van der Waals surface area contributed by atoms with E-state index in [2.05, 4.69) is 69.4 Å². The molecule has 112 valence electrons. The second kappa shape index (κ2) is 7.41. The Bertz CT molecular complexity index is 589. The van der Waals surface area contributed by atoms with Crippen molar-refractivity contribution < 1.29 is 0 Å². The molecule has 0 saturated heterocycles. The molecule has 4 nitrogen and oxygen atoms in total. The molecule has 0 radical (unpaired) electrons. The van der Waals surface area contributed by atoms with Gasteiger partial charge in [-0.15, -0.1) is 0 Å². The highest BCUT2D eigenvalue weighted by molar-refractivity contribution is 9.10. The number of benzene rings is 1. The van der Waals surface area contributed by atoms with E-state index < -0.39 is 0 Å². The molecule has 0 saturated carbocycles. The van der Waals surface area contributed by atoms with Gasteiger partial charge in [-0.1, -0.05) is 13.0 Å². The fourth-order valence-electron chi connectivity index (χ4n) is 2.04. The molecule has 1 heterocycles. The average Bonchev–Trinajstić information content (AvgIpc) is 2.43. The molecule has 2 N–H and O–H groups in total. The monoisotopic (exact) mass is 348 g/mol. The highest BCUT2D eigenvalue weighted by Gasteiger charge is 2.06. The van der Waals surface area contributed by atoms with Crippen LogP contribution in [0.2, 0.25) is 0 Å². The molecular weight excluding hydrogens is 328 g/mol. The molecule has 0 aliphatic rings. The van der Waals surface area contributed by atoms with Crippen LogP contribution >= 0.6 is 15.9 Å². The van der Waals surface area contributed by atoms with Gasteiger partial charge in [-0.2, -0.15) is 0 Å². The van der Waals surface area contributed by atoms with Crippen LogP contribution in [-0.4, -0.2) is 16.5 Å². The molecule has 1 aromatic heterocycles. The Hall–Kier alpha value is -1.62. The maximum atomic E-state index is 4.59. The summed E-state index contributed by atoms with van der Waals surface area (Å²) < 4.78 is 1.02.